The Balaban J connectivity index is 1.42. The molecule has 0 aromatic heterocycles. The number of benzene rings is 8. The summed E-state index contributed by atoms with van der Waals surface area (Å²) in [7, 11) is 0. The summed E-state index contributed by atoms with van der Waals surface area (Å²) >= 11 is 0. The summed E-state index contributed by atoms with van der Waals surface area (Å²) in [6.07, 6.45) is 0. The predicted molar refractivity (Wildman–Crippen MR) is 198 cm³/mol. The van der Waals surface area contributed by atoms with Gasteiger partial charge in [0.25, 0.3) is 0 Å². The molecule has 0 aliphatic rings. The van der Waals surface area contributed by atoms with Crippen LogP contribution in [0.25, 0.3) is 32.3 Å². The van der Waals surface area contributed by atoms with Gasteiger partial charge >= 0.3 is 0 Å². The summed E-state index contributed by atoms with van der Waals surface area (Å²) in [5.41, 5.74) is 12.1. The summed E-state index contributed by atoms with van der Waals surface area (Å²) in [4.78, 5) is 4.83. The minimum Gasteiger partial charge on any atom is -0.310 e. The van der Waals surface area contributed by atoms with Gasteiger partial charge in [-0.2, -0.15) is 0 Å². The van der Waals surface area contributed by atoms with Crippen LogP contribution in [0, 0.1) is 27.7 Å². The highest BCUT2D eigenvalue weighted by Crippen LogP contribution is 2.48. The molecule has 2 nitrogen and oxygen atoms in total. The normalized spacial score (nSPS) is 11.5. The number of nitrogens with zero attached hydrogens (tertiary/aromatic N) is 2. The molecule has 0 unspecified atom stereocenters. The Morgan fingerprint density at radius 1 is 0.326 bits per heavy atom. The maximum atomic E-state index is 2.42. The third-order valence-corrected chi connectivity index (χ3v) is 9.61. The van der Waals surface area contributed by atoms with Crippen molar-refractivity contribution in [3.63, 3.8) is 0 Å². The van der Waals surface area contributed by atoms with Crippen LogP contribution in [0.4, 0.5) is 34.1 Å². The second kappa shape index (κ2) is 11.1. The summed E-state index contributed by atoms with van der Waals surface area (Å²) in [6.45, 7) is 8.75. The molecule has 0 saturated heterocycles. The average molecular weight is 593 g/mol. The van der Waals surface area contributed by atoms with Crippen LogP contribution in [-0.4, -0.2) is 0 Å². The largest absolute Gasteiger partial charge is 0.310 e. The topological polar surface area (TPSA) is 6.48 Å². The highest BCUT2D eigenvalue weighted by atomic mass is 15.1. The Kier molecular flexibility index (Phi) is 6.73. The van der Waals surface area contributed by atoms with Crippen molar-refractivity contribution in [3.8, 4) is 0 Å². The van der Waals surface area contributed by atoms with Gasteiger partial charge in [-0.15, -0.1) is 0 Å². The van der Waals surface area contributed by atoms with E-state index in [4.69, 9.17) is 0 Å². The zero-order chi connectivity index (χ0) is 31.4. The number of hydrogen-bond acceptors (Lipinski definition) is 2. The molecule has 0 amide bonds. The van der Waals surface area contributed by atoms with Crippen LogP contribution >= 0.6 is 0 Å². The molecule has 0 radical (unpaired) electrons. The van der Waals surface area contributed by atoms with E-state index in [-0.39, 0.29) is 0 Å². The first-order valence-corrected chi connectivity index (χ1v) is 16.0. The van der Waals surface area contributed by atoms with Gasteiger partial charge in [-0.25, -0.2) is 0 Å². The van der Waals surface area contributed by atoms with Crippen molar-refractivity contribution in [2.45, 2.75) is 27.7 Å². The molecule has 0 aliphatic heterocycles. The number of para-hydroxylation sites is 2. The molecule has 222 valence electrons. The van der Waals surface area contributed by atoms with Gasteiger partial charge < -0.3 is 9.80 Å². The van der Waals surface area contributed by atoms with Crippen LogP contribution in [0.5, 0.6) is 0 Å². The molecule has 0 aliphatic carbocycles. The molecular weight excluding hydrogens is 556 g/mol. The molecule has 0 N–H and O–H groups in total. The number of anilines is 6. The van der Waals surface area contributed by atoms with Gasteiger partial charge in [-0.1, -0.05) is 84.9 Å². The third kappa shape index (κ3) is 4.57. The monoisotopic (exact) mass is 592 g/mol. The van der Waals surface area contributed by atoms with Gasteiger partial charge in [0.2, 0.25) is 0 Å². The molecule has 8 rings (SSSR count). The highest BCUT2D eigenvalue weighted by molar-refractivity contribution is 6.29. The predicted octanol–water partition coefficient (Wildman–Crippen LogP) is 12.8. The van der Waals surface area contributed by atoms with Crippen LogP contribution in [-0.2, 0) is 0 Å². The number of aryl methyl sites for hydroxylation is 4. The quantitative estimate of drug-likeness (QED) is 0.177. The van der Waals surface area contributed by atoms with E-state index < -0.39 is 0 Å². The van der Waals surface area contributed by atoms with Crippen LogP contribution in [0.3, 0.4) is 0 Å². The smallest absolute Gasteiger partial charge is 0.0546 e. The Morgan fingerprint density at radius 2 is 0.848 bits per heavy atom. The average Bonchev–Trinajstić information content (AvgIpc) is 3.09. The summed E-state index contributed by atoms with van der Waals surface area (Å²) in [6, 6.07) is 53.4. The molecule has 46 heavy (non-hydrogen) atoms. The van der Waals surface area contributed by atoms with Crippen molar-refractivity contribution in [2.75, 3.05) is 9.80 Å². The Bertz CT molecular complexity index is 2350. The van der Waals surface area contributed by atoms with E-state index in [0.29, 0.717) is 0 Å². The van der Waals surface area contributed by atoms with E-state index in [1.165, 1.54) is 65.9 Å². The fourth-order valence-electron chi connectivity index (χ4n) is 6.91. The number of rotatable bonds is 6. The van der Waals surface area contributed by atoms with E-state index >= 15 is 0 Å². The summed E-state index contributed by atoms with van der Waals surface area (Å²) in [5.74, 6) is 0. The molecule has 0 bridgehead atoms. The van der Waals surface area contributed by atoms with Crippen molar-refractivity contribution in [1.29, 1.82) is 0 Å². The first-order valence-electron chi connectivity index (χ1n) is 16.0. The summed E-state index contributed by atoms with van der Waals surface area (Å²) in [5, 5.41) is 7.56. The van der Waals surface area contributed by atoms with Crippen molar-refractivity contribution >= 4 is 66.4 Å². The zero-order valence-corrected chi connectivity index (χ0v) is 26.8. The van der Waals surface area contributed by atoms with Gasteiger partial charge in [0.05, 0.1) is 11.4 Å². The zero-order valence-electron chi connectivity index (χ0n) is 26.8. The van der Waals surface area contributed by atoms with Crippen LogP contribution in [0.2, 0.25) is 0 Å². The molecule has 0 atom stereocenters. The Hall–Kier alpha value is -5.60. The van der Waals surface area contributed by atoms with Gasteiger partial charge in [0.15, 0.2) is 0 Å². The first-order chi connectivity index (χ1) is 22.5. The number of hydrogen-bond donors (Lipinski definition) is 0. The van der Waals surface area contributed by atoms with Gasteiger partial charge in [0, 0.05) is 33.5 Å². The second-order valence-corrected chi connectivity index (χ2v) is 12.5. The Labute approximate surface area is 271 Å². The first kappa shape index (κ1) is 27.9. The van der Waals surface area contributed by atoms with Gasteiger partial charge in [0.1, 0.15) is 0 Å². The van der Waals surface area contributed by atoms with E-state index in [2.05, 4.69) is 183 Å². The van der Waals surface area contributed by atoms with Crippen molar-refractivity contribution in [3.05, 3.63) is 168 Å². The minimum atomic E-state index is 1.14. The van der Waals surface area contributed by atoms with Gasteiger partial charge in [-0.05, 0) is 132 Å². The molecule has 0 fully saturated rings. The molecule has 0 saturated carbocycles. The van der Waals surface area contributed by atoms with Crippen LogP contribution in [0.15, 0.2) is 146 Å². The van der Waals surface area contributed by atoms with Crippen molar-refractivity contribution in [1.82, 2.24) is 0 Å². The maximum absolute atomic E-state index is 2.42. The standard InChI is InChI=1S/C44H36N2/c1-29-18-22-37(26-31(29)3)45(35-13-7-5-8-14-35)41-25-21-34-28-42(39-17-11-12-33-20-24-40(41)44(34)43(33)39)46(36-15-9-6-10-16-36)38-23-19-30(2)32(4)27-38/h5-28H,1-4H3. The lowest BCUT2D eigenvalue weighted by Gasteiger charge is -2.30. The summed E-state index contributed by atoms with van der Waals surface area (Å²) < 4.78 is 0. The van der Waals surface area contributed by atoms with E-state index in [1.54, 1.807) is 0 Å². The molecule has 8 aromatic carbocycles. The minimum absolute atomic E-state index is 1.14. The molecule has 8 aromatic rings. The maximum Gasteiger partial charge on any atom is 0.0546 e. The Morgan fingerprint density at radius 3 is 1.43 bits per heavy atom. The molecule has 2 heteroatoms. The van der Waals surface area contributed by atoms with E-state index in [9.17, 15) is 0 Å². The highest BCUT2D eigenvalue weighted by Gasteiger charge is 2.22. The van der Waals surface area contributed by atoms with Crippen molar-refractivity contribution < 1.29 is 0 Å². The SMILES string of the molecule is Cc1ccc(N(c2ccccc2)c2cc3ccc(N(c4ccccc4)c4ccc(C)c(C)c4)c4ccc5cccc2c5c34)cc1C. The fourth-order valence-corrected chi connectivity index (χ4v) is 6.91. The van der Waals surface area contributed by atoms with E-state index in [1.807, 2.05) is 0 Å². The molecule has 0 spiro atoms. The lowest BCUT2D eigenvalue weighted by molar-refractivity contribution is 1.26. The second-order valence-electron chi connectivity index (χ2n) is 12.5. The van der Waals surface area contributed by atoms with Crippen LogP contribution in [0.1, 0.15) is 22.3 Å². The molecular formula is C44H36N2. The molecule has 0 heterocycles. The lowest BCUT2D eigenvalue weighted by Crippen LogP contribution is -2.12. The van der Waals surface area contributed by atoms with E-state index in [0.717, 1.165) is 22.7 Å². The van der Waals surface area contributed by atoms with Crippen molar-refractivity contribution in [2.24, 2.45) is 0 Å². The van der Waals surface area contributed by atoms with Crippen LogP contribution < -0.4 is 9.80 Å². The lowest BCUT2D eigenvalue weighted by atomic mass is 9.91. The fraction of sp³-hybridized carbons (Fsp3) is 0.0909. The third-order valence-electron chi connectivity index (χ3n) is 9.61. The van der Waals surface area contributed by atoms with Gasteiger partial charge in [-0.3, -0.25) is 0 Å².